The van der Waals surface area contributed by atoms with Crippen LogP contribution in [0.1, 0.15) is 29.2 Å². The maximum atomic E-state index is 13.1. The molecule has 0 N–H and O–H groups in total. The summed E-state index contributed by atoms with van der Waals surface area (Å²) in [6.45, 7) is 4.63. The molecular weight excluding hydrogens is 359 g/mol. The van der Waals surface area contributed by atoms with Crippen LogP contribution >= 0.6 is 0 Å². The number of benzene rings is 2. The first-order chi connectivity index (χ1) is 13.6. The van der Waals surface area contributed by atoms with Crippen molar-refractivity contribution < 1.29 is 13.7 Å². The zero-order valence-corrected chi connectivity index (χ0v) is 15.6. The van der Waals surface area contributed by atoms with Crippen LogP contribution in [0, 0.1) is 5.82 Å². The molecular formula is C21H21FN4O2. The summed E-state index contributed by atoms with van der Waals surface area (Å²) in [5.41, 5.74) is 1.42. The number of rotatable bonds is 4. The van der Waals surface area contributed by atoms with Crippen molar-refractivity contribution in [1.82, 2.24) is 19.9 Å². The van der Waals surface area contributed by atoms with Crippen LogP contribution < -0.4 is 0 Å². The summed E-state index contributed by atoms with van der Waals surface area (Å²) in [7, 11) is 0. The largest absolute Gasteiger partial charge is 0.337 e. The Morgan fingerprint density at radius 2 is 1.71 bits per heavy atom. The smallest absolute Gasteiger partial charge is 0.253 e. The molecule has 1 amide bonds. The van der Waals surface area contributed by atoms with Gasteiger partial charge in [-0.15, -0.1) is 0 Å². The van der Waals surface area contributed by atoms with E-state index < -0.39 is 0 Å². The Bertz CT molecular complexity index is 935. The molecule has 144 valence electrons. The van der Waals surface area contributed by atoms with Crippen molar-refractivity contribution in [2.45, 2.75) is 13.0 Å². The van der Waals surface area contributed by atoms with Gasteiger partial charge < -0.3 is 9.42 Å². The predicted octanol–water partition coefficient (Wildman–Crippen LogP) is 3.39. The highest BCUT2D eigenvalue weighted by Crippen LogP contribution is 2.23. The zero-order valence-electron chi connectivity index (χ0n) is 15.6. The summed E-state index contributed by atoms with van der Waals surface area (Å²) < 4.78 is 18.5. The number of amides is 1. The maximum absolute atomic E-state index is 13.1. The van der Waals surface area contributed by atoms with Crippen molar-refractivity contribution in [2.24, 2.45) is 0 Å². The van der Waals surface area contributed by atoms with Crippen LogP contribution in [0.5, 0.6) is 0 Å². The number of hydrogen-bond donors (Lipinski definition) is 0. The Labute approximate surface area is 162 Å². The Kier molecular flexibility index (Phi) is 5.16. The Hall–Kier alpha value is -3.06. The molecule has 0 saturated carbocycles. The summed E-state index contributed by atoms with van der Waals surface area (Å²) in [5, 5.41) is 4.08. The zero-order chi connectivity index (χ0) is 19.5. The minimum absolute atomic E-state index is 0.0342. The Balaban J connectivity index is 1.38. The molecule has 28 heavy (non-hydrogen) atoms. The number of aromatic nitrogens is 2. The second-order valence-corrected chi connectivity index (χ2v) is 6.83. The lowest BCUT2D eigenvalue weighted by Gasteiger charge is -2.36. The fourth-order valence-corrected chi connectivity index (χ4v) is 3.35. The third-order valence-electron chi connectivity index (χ3n) is 5.07. The first-order valence-corrected chi connectivity index (χ1v) is 9.30. The molecule has 1 fully saturated rings. The molecule has 1 atom stereocenters. The quantitative estimate of drug-likeness (QED) is 0.694. The molecule has 1 saturated heterocycles. The molecule has 0 aliphatic carbocycles. The van der Waals surface area contributed by atoms with Crippen LogP contribution in [-0.2, 0) is 0 Å². The number of piperazine rings is 1. The van der Waals surface area contributed by atoms with Gasteiger partial charge in [0.1, 0.15) is 5.82 Å². The van der Waals surface area contributed by atoms with Crippen molar-refractivity contribution in [3.8, 4) is 11.4 Å². The topological polar surface area (TPSA) is 62.5 Å². The lowest BCUT2D eigenvalue weighted by atomic mass is 10.1. The lowest BCUT2D eigenvalue weighted by molar-refractivity contribution is 0.0551. The van der Waals surface area contributed by atoms with Crippen LogP contribution in [0.25, 0.3) is 11.4 Å². The fraction of sp³-hybridized carbons (Fsp3) is 0.286. The molecule has 1 aliphatic heterocycles. The molecule has 1 aliphatic rings. The molecule has 3 aromatic rings. The first kappa shape index (κ1) is 18.3. The van der Waals surface area contributed by atoms with E-state index in [4.69, 9.17) is 4.52 Å². The lowest BCUT2D eigenvalue weighted by Crippen LogP contribution is -2.49. The van der Waals surface area contributed by atoms with Crippen molar-refractivity contribution in [2.75, 3.05) is 26.2 Å². The fourth-order valence-electron chi connectivity index (χ4n) is 3.35. The van der Waals surface area contributed by atoms with Crippen LogP contribution in [0.4, 0.5) is 4.39 Å². The van der Waals surface area contributed by atoms with Gasteiger partial charge in [0.2, 0.25) is 11.7 Å². The third kappa shape index (κ3) is 3.80. The van der Waals surface area contributed by atoms with E-state index in [1.54, 1.807) is 4.90 Å². The van der Waals surface area contributed by atoms with Crippen LogP contribution in [-0.4, -0.2) is 52.0 Å². The molecule has 1 unspecified atom stereocenters. The van der Waals surface area contributed by atoms with Gasteiger partial charge in [-0.3, -0.25) is 9.69 Å². The van der Waals surface area contributed by atoms with E-state index in [1.807, 2.05) is 37.3 Å². The van der Waals surface area contributed by atoms with Gasteiger partial charge in [0.25, 0.3) is 5.91 Å². The second kappa shape index (κ2) is 7.90. The third-order valence-corrected chi connectivity index (χ3v) is 5.07. The molecule has 2 aromatic carbocycles. The average Bonchev–Trinajstić information content (AvgIpc) is 3.24. The van der Waals surface area contributed by atoms with Gasteiger partial charge in [0, 0.05) is 37.3 Å². The number of halogens is 1. The van der Waals surface area contributed by atoms with E-state index in [2.05, 4.69) is 15.0 Å². The summed E-state index contributed by atoms with van der Waals surface area (Å²) >= 11 is 0. The SMILES string of the molecule is CC(c1nc(-c2ccccc2)no1)N1CCN(C(=O)c2ccc(F)cc2)CC1. The summed E-state index contributed by atoms with van der Waals surface area (Å²) in [6, 6.07) is 15.3. The normalized spacial score (nSPS) is 16.1. The van der Waals surface area contributed by atoms with Gasteiger partial charge in [-0.1, -0.05) is 35.5 Å². The summed E-state index contributed by atoms with van der Waals surface area (Å²) in [6.07, 6.45) is 0. The van der Waals surface area contributed by atoms with E-state index in [0.717, 1.165) is 5.56 Å². The van der Waals surface area contributed by atoms with Crippen molar-refractivity contribution in [1.29, 1.82) is 0 Å². The first-order valence-electron chi connectivity index (χ1n) is 9.30. The molecule has 1 aromatic heterocycles. The Morgan fingerprint density at radius 1 is 1.04 bits per heavy atom. The summed E-state index contributed by atoms with van der Waals surface area (Å²) in [4.78, 5) is 21.1. The van der Waals surface area contributed by atoms with Crippen molar-refractivity contribution in [3.63, 3.8) is 0 Å². The standard InChI is InChI=1S/C21H21FN4O2/c1-15(20-23-19(24-28-20)16-5-3-2-4-6-16)25-11-13-26(14-12-25)21(27)17-7-9-18(22)10-8-17/h2-10,15H,11-14H2,1H3. The monoisotopic (exact) mass is 380 g/mol. The highest BCUT2D eigenvalue weighted by atomic mass is 19.1. The van der Waals surface area contributed by atoms with Gasteiger partial charge in [-0.25, -0.2) is 4.39 Å². The number of hydrogen-bond acceptors (Lipinski definition) is 5. The summed E-state index contributed by atoms with van der Waals surface area (Å²) in [5.74, 6) is 0.728. The van der Waals surface area contributed by atoms with Gasteiger partial charge in [-0.2, -0.15) is 4.98 Å². The van der Waals surface area contributed by atoms with Crippen LogP contribution in [0.15, 0.2) is 59.1 Å². The highest BCUT2D eigenvalue weighted by Gasteiger charge is 2.28. The van der Waals surface area contributed by atoms with Gasteiger partial charge in [0.15, 0.2) is 0 Å². The van der Waals surface area contributed by atoms with Crippen LogP contribution in [0.3, 0.4) is 0 Å². The molecule has 0 bridgehead atoms. The predicted molar refractivity (Wildman–Crippen MR) is 102 cm³/mol. The van der Waals surface area contributed by atoms with E-state index in [1.165, 1.54) is 24.3 Å². The molecule has 2 heterocycles. The highest BCUT2D eigenvalue weighted by molar-refractivity contribution is 5.94. The Morgan fingerprint density at radius 3 is 2.39 bits per heavy atom. The molecule has 6 nitrogen and oxygen atoms in total. The average molecular weight is 380 g/mol. The van der Waals surface area contributed by atoms with Crippen molar-refractivity contribution >= 4 is 5.91 Å². The van der Waals surface area contributed by atoms with E-state index >= 15 is 0 Å². The van der Waals surface area contributed by atoms with Gasteiger partial charge >= 0.3 is 0 Å². The van der Waals surface area contributed by atoms with Gasteiger partial charge in [-0.05, 0) is 31.2 Å². The molecule has 0 spiro atoms. The molecule has 0 radical (unpaired) electrons. The second-order valence-electron chi connectivity index (χ2n) is 6.83. The maximum Gasteiger partial charge on any atom is 0.253 e. The number of nitrogens with zero attached hydrogens (tertiary/aromatic N) is 4. The molecule has 4 rings (SSSR count). The van der Waals surface area contributed by atoms with Crippen molar-refractivity contribution in [3.05, 3.63) is 71.9 Å². The number of carbonyl (C=O) groups excluding carboxylic acids is 1. The van der Waals surface area contributed by atoms with E-state index in [-0.39, 0.29) is 17.8 Å². The van der Waals surface area contributed by atoms with E-state index in [9.17, 15) is 9.18 Å². The number of carbonyl (C=O) groups is 1. The minimum Gasteiger partial charge on any atom is -0.337 e. The van der Waals surface area contributed by atoms with Crippen LogP contribution in [0.2, 0.25) is 0 Å². The minimum atomic E-state index is -0.343. The molecule has 7 heteroatoms. The van der Waals surface area contributed by atoms with Gasteiger partial charge in [0.05, 0.1) is 6.04 Å². The van der Waals surface area contributed by atoms with E-state index in [0.29, 0.717) is 43.5 Å².